The van der Waals surface area contributed by atoms with E-state index in [1.807, 2.05) is 38.1 Å². The fourth-order valence-electron chi connectivity index (χ4n) is 4.26. The molecule has 1 atom stereocenters. The summed E-state index contributed by atoms with van der Waals surface area (Å²) in [7, 11) is -3.59. The van der Waals surface area contributed by atoms with Crippen molar-refractivity contribution in [1.82, 2.24) is 9.62 Å². The van der Waals surface area contributed by atoms with Crippen molar-refractivity contribution in [3.8, 4) is 5.75 Å². The number of sulfonamides is 1. The topological polar surface area (TPSA) is 75.7 Å². The van der Waals surface area contributed by atoms with E-state index in [0.29, 0.717) is 30.6 Å². The summed E-state index contributed by atoms with van der Waals surface area (Å²) < 4.78 is 33.6. The summed E-state index contributed by atoms with van der Waals surface area (Å²) in [4.78, 5) is 13.3. The Morgan fingerprint density at radius 2 is 1.83 bits per heavy atom. The van der Waals surface area contributed by atoms with Crippen LogP contribution in [0.2, 0.25) is 0 Å². The second-order valence-electron chi connectivity index (χ2n) is 8.72. The number of amides is 1. The molecule has 1 N–H and O–H groups in total. The minimum atomic E-state index is -3.59. The minimum Gasteiger partial charge on any atom is -0.487 e. The molecule has 4 rings (SSSR count). The summed E-state index contributed by atoms with van der Waals surface area (Å²) in [6, 6.07) is 12.4. The lowest BCUT2D eigenvalue weighted by Crippen LogP contribution is -2.41. The molecule has 2 aliphatic heterocycles. The van der Waals surface area contributed by atoms with Gasteiger partial charge in [0.25, 0.3) is 5.91 Å². The summed E-state index contributed by atoms with van der Waals surface area (Å²) in [5.41, 5.74) is 1.52. The van der Waals surface area contributed by atoms with Crippen molar-refractivity contribution in [3.63, 3.8) is 0 Å². The van der Waals surface area contributed by atoms with Gasteiger partial charge >= 0.3 is 0 Å². The number of benzene rings is 2. The van der Waals surface area contributed by atoms with Gasteiger partial charge in [-0.1, -0.05) is 24.3 Å². The van der Waals surface area contributed by atoms with Crippen LogP contribution in [0.4, 0.5) is 0 Å². The van der Waals surface area contributed by atoms with Crippen molar-refractivity contribution in [1.29, 1.82) is 0 Å². The van der Waals surface area contributed by atoms with Gasteiger partial charge in [-0.3, -0.25) is 4.79 Å². The number of nitrogens with zero attached hydrogens (tertiary/aromatic N) is 1. The predicted molar refractivity (Wildman–Crippen MR) is 115 cm³/mol. The standard InChI is InChI=1S/C23H28N2O4S/c1-16-10-11-17(14-21(16)30(27,28)25-12-6-7-13-25)22(26)24-19-15-23(2,3)29-20-9-5-4-8-18(19)20/h4-5,8-11,14,19H,6-7,12-13,15H2,1-3H3,(H,24,26). The van der Waals surface area contributed by atoms with Crippen molar-refractivity contribution in [2.75, 3.05) is 13.1 Å². The number of carbonyl (C=O) groups excluding carboxylic acids is 1. The molecule has 2 aromatic carbocycles. The Kier molecular flexibility index (Phi) is 5.36. The number of para-hydroxylation sites is 1. The lowest BCUT2D eigenvalue weighted by atomic mass is 9.89. The van der Waals surface area contributed by atoms with E-state index < -0.39 is 15.6 Å². The molecule has 2 aromatic rings. The maximum absolute atomic E-state index is 13.1. The summed E-state index contributed by atoms with van der Waals surface area (Å²) in [5, 5.41) is 3.09. The van der Waals surface area contributed by atoms with Crippen molar-refractivity contribution < 1.29 is 17.9 Å². The number of hydrogen-bond acceptors (Lipinski definition) is 4. The third kappa shape index (κ3) is 3.96. The van der Waals surface area contributed by atoms with E-state index in [9.17, 15) is 13.2 Å². The Balaban J connectivity index is 1.62. The molecule has 1 amide bonds. The van der Waals surface area contributed by atoms with E-state index in [4.69, 9.17) is 4.74 Å². The number of hydrogen-bond donors (Lipinski definition) is 1. The first-order valence-corrected chi connectivity index (χ1v) is 11.8. The van der Waals surface area contributed by atoms with Crippen molar-refractivity contribution in [2.45, 2.75) is 56.6 Å². The second-order valence-corrected chi connectivity index (χ2v) is 10.6. The predicted octanol–water partition coefficient (Wildman–Crippen LogP) is 3.81. The Morgan fingerprint density at radius 1 is 1.13 bits per heavy atom. The monoisotopic (exact) mass is 428 g/mol. The van der Waals surface area contributed by atoms with Crippen molar-refractivity contribution in [2.24, 2.45) is 0 Å². The molecule has 1 saturated heterocycles. The summed E-state index contributed by atoms with van der Waals surface area (Å²) in [6.07, 6.45) is 2.37. The number of ether oxygens (including phenoxy) is 1. The van der Waals surface area contributed by atoms with E-state index in [1.54, 1.807) is 19.1 Å². The first-order chi connectivity index (χ1) is 14.2. The number of rotatable bonds is 4. The van der Waals surface area contributed by atoms with Gasteiger partial charge < -0.3 is 10.1 Å². The van der Waals surface area contributed by atoms with E-state index in [2.05, 4.69) is 5.32 Å². The van der Waals surface area contributed by atoms with Gasteiger partial charge in [0.05, 0.1) is 10.9 Å². The Labute approximate surface area is 178 Å². The molecule has 0 saturated carbocycles. The zero-order chi connectivity index (χ0) is 21.5. The molecule has 1 fully saturated rings. The van der Waals surface area contributed by atoms with Crippen LogP contribution in [0.3, 0.4) is 0 Å². The van der Waals surface area contributed by atoms with Crippen LogP contribution in [0.25, 0.3) is 0 Å². The highest BCUT2D eigenvalue weighted by Crippen LogP contribution is 2.39. The number of nitrogens with one attached hydrogen (secondary N) is 1. The van der Waals surface area contributed by atoms with Gasteiger partial charge in [-0.15, -0.1) is 0 Å². The Morgan fingerprint density at radius 3 is 2.57 bits per heavy atom. The highest BCUT2D eigenvalue weighted by atomic mass is 32.2. The third-order valence-corrected chi connectivity index (χ3v) is 7.86. The zero-order valence-electron chi connectivity index (χ0n) is 17.6. The molecule has 0 spiro atoms. The fourth-order valence-corrected chi connectivity index (χ4v) is 6.03. The zero-order valence-corrected chi connectivity index (χ0v) is 18.5. The average Bonchev–Trinajstić information content (AvgIpc) is 3.23. The highest BCUT2D eigenvalue weighted by molar-refractivity contribution is 7.89. The van der Waals surface area contributed by atoms with Crippen LogP contribution in [0, 0.1) is 6.92 Å². The maximum Gasteiger partial charge on any atom is 0.251 e. The average molecular weight is 429 g/mol. The first kappa shape index (κ1) is 20.9. The highest BCUT2D eigenvalue weighted by Gasteiger charge is 2.35. The largest absolute Gasteiger partial charge is 0.487 e. The minimum absolute atomic E-state index is 0.211. The molecule has 6 nitrogen and oxygen atoms in total. The lowest BCUT2D eigenvalue weighted by Gasteiger charge is -2.37. The quantitative estimate of drug-likeness (QED) is 0.803. The van der Waals surface area contributed by atoms with Gasteiger partial charge in [0, 0.05) is 30.6 Å². The maximum atomic E-state index is 13.1. The molecule has 30 heavy (non-hydrogen) atoms. The summed E-state index contributed by atoms with van der Waals surface area (Å²) >= 11 is 0. The molecule has 160 valence electrons. The van der Waals surface area contributed by atoms with E-state index in [-0.39, 0.29) is 16.8 Å². The van der Waals surface area contributed by atoms with Crippen molar-refractivity contribution >= 4 is 15.9 Å². The van der Waals surface area contributed by atoms with Crippen molar-refractivity contribution in [3.05, 3.63) is 59.2 Å². The number of fused-ring (bicyclic) bond motifs is 1. The molecule has 0 bridgehead atoms. The number of aryl methyl sites for hydroxylation is 1. The molecule has 0 aromatic heterocycles. The van der Waals surface area contributed by atoms with Crippen LogP contribution in [0.15, 0.2) is 47.4 Å². The second kappa shape index (κ2) is 7.71. The normalized spacial score (nSPS) is 21.0. The van der Waals surface area contributed by atoms with Gasteiger partial charge in [0.1, 0.15) is 11.4 Å². The molecular formula is C23H28N2O4S. The Hall–Kier alpha value is -2.38. The molecular weight excluding hydrogens is 400 g/mol. The van der Waals surface area contributed by atoms with Crippen LogP contribution < -0.4 is 10.1 Å². The third-order valence-electron chi connectivity index (χ3n) is 5.81. The fraction of sp³-hybridized carbons (Fsp3) is 0.435. The van der Waals surface area contributed by atoms with E-state index in [0.717, 1.165) is 24.2 Å². The van der Waals surface area contributed by atoms with Crippen LogP contribution >= 0.6 is 0 Å². The Bertz CT molecular complexity index is 1070. The molecule has 7 heteroatoms. The SMILES string of the molecule is Cc1ccc(C(=O)NC2CC(C)(C)Oc3ccccc32)cc1S(=O)(=O)N1CCCC1. The molecule has 0 radical (unpaired) electrons. The molecule has 2 heterocycles. The van der Waals surface area contributed by atoms with E-state index in [1.165, 1.54) is 10.4 Å². The van der Waals surface area contributed by atoms with Gasteiger partial charge in [-0.05, 0) is 57.4 Å². The lowest BCUT2D eigenvalue weighted by molar-refractivity contribution is 0.0619. The van der Waals surface area contributed by atoms with Gasteiger partial charge in [0.15, 0.2) is 0 Å². The molecule has 1 unspecified atom stereocenters. The molecule has 0 aliphatic carbocycles. The van der Waals surface area contributed by atoms with Crippen LogP contribution in [-0.4, -0.2) is 37.3 Å². The summed E-state index contributed by atoms with van der Waals surface area (Å²) in [5.74, 6) is 0.477. The smallest absolute Gasteiger partial charge is 0.251 e. The first-order valence-electron chi connectivity index (χ1n) is 10.4. The van der Waals surface area contributed by atoms with E-state index >= 15 is 0 Å². The summed E-state index contributed by atoms with van der Waals surface area (Å²) in [6.45, 7) is 6.82. The van der Waals surface area contributed by atoms with Gasteiger partial charge in [-0.2, -0.15) is 4.31 Å². The van der Waals surface area contributed by atoms with Crippen LogP contribution in [0.1, 0.15) is 60.6 Å². The van der Waals surface area contributed by atoms with Crippen LogP contribution in [0.5, 0.6) is 5.75 Å². The van der Waals surface area contributed by atoms with Gasteiger partial charge in [0.2, 0.25) is 10.0 Å². The van der Waals surface area contributed by atoms with Gasteiger partial charge in [-0.25, -0.2) is 8.42 Å². The molecule has 2 aliphatic rings. The van der Waals surface area contributed by atoms with Crippen LogP contribution in [-0.2, 0) is 10.0 Å². The number of carbonyl (C=O) groups is 1.